The minimum absolute atomic E-state index is 0.0360. The molecule has 2 aliphatic heterocycles. The molecule has 1 N–H and O–H groups in total. The standard InChI is InChI=1S/C15H27N3O3/c1-4-11(5-2)18-14(19)8-13(15(18)20)16-9-12-10-17(3)6-7-21-12/h11-13,16H,4-10H2,1-3H3. The first-order chi connectivity index (χ1) is 10.1. The third kappa shape index (κ3) is 3.81. The molecule has 0 radical (unpaired) electrons. The summed E-state index contributed by atoms with van der Waals surface area (Å²) >= 11 is 0. The predicted molar refractivity (Wildman–Crippen MR) is 79.9 cm³/mol. The number of ether oxygens (including phenoxy) is 1. The summed E-state index contributed by atoms with van der Waals surface area (Å²) < 4.78 is 5.67. The molecule has 120 valence electrons. The Balaban J connectivity index is 1.87. The predicted octanol–water partition coefficient (Wildman–Crippen LogP) is 0.223. The van der Waals surface area contributed by atoms with E-state index in [1.165, 1.54) is 4.90 Å². The molecule has 6 nitrogen and oxygen atoms in total. The average Bonchev–Trinajstić information content (AvgIpc) is 2.74. The summed E-state index contributed by atoms with van der Waals surface area (Å²) in [6.45, 7) is 7.17. The molecule has 0 bridgehead atoms. The Morgan fingerprint density at radius 1 is 1.33 bits per heavy atom. The average molecular weight is 297 g/mol. The van der Waals surface area contributed by atoms with Crippen LogP contribution in [0.5, 0.6) is 0 Å². The molecule has 0 aromatic rings. The molecule has 2 aliphatic rings. The van der Waals surface area contributed by atoms with Crippen LogP contribution in [0, 0.1) is 0 Å². The monoisotopic (exact) mass is 297 g/mol. The first-order valence-electron chi connectivity index (χ1n) is 7.96. The quantitative estimate of drug-likeness (QED) is 0.711. The zero-order valence-electron chi connectivity index (χ0n) is 13.3. The van der Waals surface area contributed by atoms with Crippen LogP contribution < -0.4 is 5.32 Å². The number of nitrogens with one attached hydrogen (secondary N) is 1. The Labute approximate surface area is 126 Å². The fraction of sp³-hybridized carbons (Fsp3) is 0.867. The summed E-state index contributed by atoms with van der Waals surface area (Å²) in [7, 11) is 2.06. The van der Waals surface area contributed by atoms with Crippen molar-refractivity contribution in [3.05, 3.63) is 0 Å². The highest BCUT2D eigenvalue weighted by Gasteiger charge is 2.41. The topological polar surface area (TPSA) is 61.9 Å². The Hall–Kier alpha value is -0.980. The van der Waals surface area contributed by atoms with E-state index in [2.05, 4.69) is 17.3 Å². The van der Waals surface area contributed by atoms with E-state index in [1.54, 1.807) is 0 Å². The van der Waals surface area contributed by atoms with Crippen LogP contribution in [-0.4, -0.2) is 73.1 Å². The normalized spacial score (nSPS) is 27.9. The first-order valence-corrected chi connectivity index (χ1v) is 7.96. The fourth-order valence-corrected chi connectivity index (χ4v) is 3.11. The van der Waals surface area contributed by atoms with E-state index < -0.39 is 0 Å². The van der Waals surface area contributed by atoms with Crippen molar-refractivity contribution in [1.82, 2.24) is 15.1 Å². The van der Waals surface area contributed by atoms with Gasteiger partial charge in [0.2, 0.25) is 11.8 Å². The van der Waals surface area contributed by atoms with Gasteiger partial charge in [-0.2, -0.15) is 0 Å². The lowest BCUT2D eigenvalue weighted by atomic mass is 10.1. The second-order valence-electron chi connectivity index (χ2n) is 5.99. The van der Waals surface area contributed by atoms with Crippen LogP contribution in [0.15, 0.2) is 0 Å². The maximum absolute atomic E-state index is 12.4. The number of carbonyl (C=O) groups excluding carboxylic acids is 2. The molecule has 6 heteroatoms. The molecule has 2 saturated heterocycles. The molecule has 2 atom stereocenters. The van der Waals surface area contributed by atoms with Gasteiger partial charge < -0.3 is 15.0 Å². The Bertz CT molecular complexity index is 384. The zero-order valence-corrected chi connectivity index (χ0v) is 13.3. The van der Waals surface area contributed by atoms with Gasteiger partial charge in [0.15, 0.2) is 0 Å². The van der Waals surface area contributed by atoms with Crippen LogP contribution in [0.4, 0.5) is 0 Å². The van der Waals surface area contributed by atoms with E-state index in [4.69, 9.17) is 4.74 Å². The van der Waals surface area contributed by atoms with Gasteiger partial charge in [-0.25, -0.2) is 0 Å². The molecule has 2 amide bonds. The minimum atomic E-state index is -0.381. The SMILES string of the molecule is CCC(CC)N1C(=O)CC(NCC2CN(C)CCO2)C1=O. The smallest absolute Gasteiger partial charge is 0.247 e. The van der Waals surface area contributed by atoms with E-state index in [-0.39, 0.29) is 36.4 Å². The molecule has 0 aromatic heterocycles. The second kappa shape index (κ2) is 7.33. The maximum atomic E-state index is 12.4. The first kappa shape index (κ1) is 16.4. The van der Waals surface area contributed by atoms with Gasteiger partial charge in [0.1, 0.15) is 0 Å². The summed E-state index contributed by atoms with van der Waals surface area (Å²) in [5, 5.41) is 3.22. The lowest BCUT2D eigenvalue weighted by Crippen LogP contribution is -2.49. The Kier molecular flexibility index (Phi) is 5.72. The van der Waals surface area contributed by atoms with Crippen LogP contribution >= 0.6 is 0 Å². The van der Waals surface area contributed by atoms with Crippen LogP contribution in [-0.2, 0) is 14.3 Å². The van der Waals surface area contributed by atoms with Gasteiger partial charge in [0.25, 0.3) is 0 Å². The van der Waals surface area contributed by atoms with Crippen molar-refractivity contribution in [2.75, 3.05) is 33.3 Å². The van der Waals surface area contributed by atoms with Crippen molar-refractivity contribution in [1.29, 1.82) is 0 Å². The highest BCUT2D eigenvalue weighted by atomic mass is 16.5. The van der Waals surface area contributed by atoms with Gasteiger partial charge in [-0.05, 0) is 19.9 Å². The number of hydrogen-bond acceptors (Lipinski definition) is 5. The molecule has 0 aliphatic carbocycles. The minimum Gasteiger partial charge on any atom is -0.374 e. The van der Waals surface area contributed by atoms with Gasteiger partial charge in [0.05, 0.1) is 25.2 Å². The zero-order chi connectivity index (χ0) is 15.4. The molecular weight excluding hydrogens is 270 g/mol. The van der Waals surface area contributed by atoms with E-state index in [0.717, 1.165) is 32.5 Å². The number of likely N-dealkylation sites (tertiary alicyclic amines) is 1. The van der Waals surface area contributed by atoms with Gasteiger partial charge in [-0.1, -0.05) is 13.8 Å². The molecule has 0 saturated carbocycles. The molecule has 2 unspecified atom stereocenters. The van der Waals surface area contributed by atoms with Crippen molar-refractivity contribution >= 4 is 11.8 Å². The van der Waals surface area contributed by atoms with Gasteiger partial charge in [-0.3, -0.25) is 14.5 Å². The van der Waals surface area contributed by atoms with Crippen molar-refractivity contribution in [3.8, 4) is 0 Å². The summed E-state index contributed by atoms with van der Waals surface area (Å²) in [4.78, 5) is 28.2. The summed E-state index contributed by atoms with van der Waals surface area (Å²) in [5.41, 5.74) is 0. The third-order valence-electron chi connectivity index (χ3n) is 4.42. The van der Waals surface area contributed by atoms with Gasteiger partial charge in [-0.15, -0.1) is 0 Å². The van der Waals surface area contributed by atoms with E-state index >= 15 is 0 Å². The second-order valence-corrected chi connectivity index (χ2v) is 5.99. The van der Waals surface area contributed by atoms with E-state index in [1.807, 2.05) is 13.8 Å². The maximum Gasteiger partial charge on any atom is 0.247 e. The van der Waals surface area contributed by atoms with Crippen molar-refractivity contribution in [2.45, 2.75) is 51.3 Å². The summed E-state index contributed by atoms with van der Waals surface area (Å²) in [6.07, 6.45) is 2.00. The van der Waals surface area contributed by atoms with Crippen molar-refractivity contribution in [2.24, 2.45) is 0 Å². The number of morpholine rings is 1. The highest BCUT2D eigenvalue weighted by molar-refractivity contribution is 6.05. The molecule has 0 spiro atoms. The molecule has 0 aromatic carbocycles. The summed E-state index contributed by atoms with van der Waals surface area (Å²) in [5.74, 6) is -0.120. The molecule has 2 fully saturated rings. The fourth-order valence-electron chi connectivity index (χ4n) is 3.11. The van der Waals surface area contributed by atoms with Crippen molar-refractivity contribution in [3.63, 3.8) is 0 Å². The molecular formula is C15H27N3O3. The Morgan fingerprint density at radius 3 is 2.67 bits per heavy atom. The van der Waals surface area contributed by atoms with Crippen LogP contribution in [0.1, 0.15) is 33.1 Å². The van der Waals surface area contributed by atoms with Gasteiger partial charge in [0, 0.05) is 25.7 Å². The van der Waals surface area contributed by atoms with Crippen LogP contribution in [0.3, 0.4) is 0 Å². The van der Waals surface area contributed by atoms with Crippen molar-refractivity contribution < 1.29 is 14.3 Å². The number of likely N-dealkylation sites (N-methyl/N-ethyl adjacent to an activating group) is 1. The Morgan fingerprint density at radius 2 is 2.05 bits per heavy atom. The number of nitrogens with zero attached hydrogens (tertiary/aromatic N) is 2. The number of imide groups is 1. The lowest BCUT2D eigenvalue weighted by molar-refractivity contribution is -0.141. The lowest BCUT2D eigenvalue weighted by Gasteiger charge is -2.30. The highest BCUT2D eigenvalue weighted by Crippen LogP contribution is 2.20. The van der Waals surface area contributed by atoms with Crippen LogP contribution in [0.2, 0.25) is 0 Å². The largest absolute Gasteiger partial charge is 0.374 e. The molecule has 2 rings (SSSR count). The third-order valence-corrected chi connectivity index (χ3v) is 4.42. The van der Waals surface area contributed by atoms with E-state index in [9.17, 15) is 9.59 Å². The molecule has 21 heavy (non-hydrogen) atoms. The van der Waals surface area contributed by atoms with Crippen LogP contribution in [0.25, 0.3) is 0 Å². The van der Waals surface area contributed by atoms with Gasteiger partial charge >= 0.3 is 0 Å². The number of hydrogen-bond donors (Lipinski definition) is 1. The summed E-state index contributed by atoms with van der Waals surface area (Å²) in [6, 6.07) is -0.345. The number of amides is 2. The van der Waals surface area contributed by atoms with E-state index in [0.29, 0.717) is 6.54 Å². The molecule has 2 heterocycles. The number of rotatable bonds is 6. The number of carbonyl (C=O) groups is 2.